The molecule has 0 atom stereocenters. The standard InChI is InChI=1S/C44H29N3Si/c45-30-32-23-28-44-40(29-32)39-19-10-11-21-42(39)47(44)43-22-12-20-38(41(43)31-46)33-24-26-37(27-25-33)48(34-13-4-1-5-14-34,35-15-6-2-7-16-35)36-17-8-3-9-18-36/h1-29H. The summed E-state index contributed by atoms with van der Waals surface area (Å²) < 4.78 is 2.15. The maximum atomic E-state index is 10.7. The van der Waals surface area contributed by atoms with Crippen LogP contribution in [0.4, 0.5) is 0 Å². The number of nitrogens with zero attached hydrogens (tertiary/aromatic N) is 3. The van der Waals surface area contributed by atoms with Crippen molar-refractivity contribution >= 4 is 50.6 Å². The first-order valence-corrected chi connectivity index (χ1v) is 18.0. The molecule has 0 aliphatic heterocycles. The summed E-state index contributed by atoms with van der Waals surface area (Å²) in [5.74, 6) is 0. The molecule has 3 nitrogen and oxygen atoms in total. The number of benzene rings is 7. The Kier molecular flexibility index (Phi) is 7.27. The molecule has 8 rings (SSSR count). The van der Waals surface area contributed by atoms with Crippen LogP contribution in [-0.2, 0) is 0 Å². The molecule has 1 aromatic heterocycles. The van der Waals surface area contributed by atoms with E-state index in [2.05, 4.69) is 144 Å². The summed E-state index contributed by atoms with van der Waals surface area (Å²) in [6, 6.07) is 66.4. The second kappa shape index (κ2) is 12.0. The number of fused-ring (bicyclic) bond motifs is 3. The third-order valence-electron chi connectivity index (χ3n) is 9.45. The zero-order chi connectivity index (χ0) is 32.5. The van der Waals surface area contributed by atoms with Gasteiger partial charge in [0.15, 0.2) is 8.07 Å². The van der Waals surface area contributed by atoms with E-state index in [0.717, 1.165) is 38.6 Å². The van der Waals surface area contributed by atoms with Crippen LogP contribution < -0.4 is 20.7 Å². The van der Waals surface area contributed by atoms with Crippen LogP contribution in [0.15, 0.2) is 176 Å². The second-order valence-corrected chi connectivity index (χ2v) is 15.7. The molecule has 224 valence electrons. The second-order valence-electron chi connectivity index (χ2n) is 11.9. The summed E-state index contributed by atoms with van der Waals surface area (Å²) in [5, 5.41) is 27.6. The molecule has 1 heterocycles. The Labute approximate surface area is 280 Å². The van der Waals surface area contributed by atoms with E-state index in [-0.39, 0.29) is 0 Å². The summed E-state index contributed by atoms with van der Waals surface area (Å²) >= 11 is 0. The lowest BCUT2D eigenvalue weighted by Crippen LogP contribution is -2.74. The van der Waals surface area contributed by atoms with Crippen LogP contribution in [-0.4, -0.2) is 12.6 Å². The highest BCUT2D eigenvalue weighted by atomic mass is 28.3. The molecule has 0 amide bonds. The van der Waals surface area contributed by atoms with Gasteiger partial charge >= 0.3 is 0 Å². The predicted molar refractivity (Wildman–Crippen MR) is 199 cm³/mol. The van der Waals surface area contributed by atoms with Gasteiger partial charge in [0.25, 0.3) is 0 Å². The van der Waals surface area contributed by atoms with Crippen molar-refractivity contribution in [3.63, 3.8) is 0 Å². The van der Waals surface area contributed by atoms with Gasteiger partial charge in [0.05, 0.1) is 33.9 Å². The summed E-state index contributed by atoms with van der Waals surface area (Å²) in [6.07, 6.45) is 0. The van der Waals surface area contributed by atoms with Crippen molar-refractivity contribution in [1.29, 1.82) is 10.5 Å². The topological polar surface area (TPSA) is 52.5 Å². The van der Waals surface area contributed by atoms with Gasteiger partial charge in [-0.1, -0.05) is 146 Å². The van der Waals surface area contributed by atoms with Gasteiger partial charge in [0.2, 0.25) is 0 Å². The zero-order valence-electron chi connectivity index (χ0n) is 26.1. The van der Waals surface area contributed by atoms with E-state index >= 15 is 0 Å². The van der Waals surface area contributed by atoms with Crippen LogP contribution in [0.25, 0.3) is 38.6 Å². The lowest BCUT2D eigenvalue weighted by atomic mass is 9.98. The molecular weight excluding hydrogens is 599 g/mol. The molecule has 4 heteroatoms. The fraction of sp³-hybridized carbons (Fsp3) is 0. The first kappa shape index (κ1) is 29.0. The van der Waals surface area contributed by atoms with Crippen molar-refractivity contribution in [2.24, 2.45) is 0 Å². The largest absolute Gasteiger partial charge is 0.308 e. The number of hydrogen-bond acceptors (Lipinski definition) is 2. The van der Waals surface area contributed by atoms with Gasteiger partial charge in [0.1, 0.15) is 6.07 Å². The van der Waals surface area contributed by atoms with E-state index in [4.69, 9.17) is 0 Å². The molecule has 0 radical (unpaired) electrons. The Morgan fingerprint density at radius 2 is 0.979 bits per heavy atom. The summed E-state index contributed by atoms with van der Waals surface area (Å²) in [7, 11) is -2.66. The van der Waals surface area contributed by atoms with Crippen LogP contribution in [0.5, 0.6) is 0 Å². The van der Waals surface area contributed by atoms with Crippen LogP contribution in [0.2, 0.25) is 0 Å². The third-order valence-corrected chi connectivity index (χ3v) is 14.2. The number of hydrogen-bond donors (Lipinski definition) is 0. The molecule has 0 saturated carbocycles. The highest BCUT2D eigenvalue weighted by Crippen LogP contribution is 2.36. The molecular formula is C44H29N3Si. The van der Waals surface area contributed by atoms with E-state index in [0.29, 0.717) is 11.1 Å². The van der Waals surface area contributed by atoms with Gasteiger partial charge in [-0.05, 0) is 56.6 Å². The first-order chi connectivity index (χ1) is 23.7. The van der Waals surface area contributed by atoms with Crippen molar-refractivity contribution in [2.45, 2.75) is 0 Å². The molecule has 0 fully saturated rings. The minimum atomic E-state index is -2.66. The summed E-state index contributed by atoms with van der Waals surface area (Å²) in [4.78, 5) is 0. The smallest absolute Gasteiger partial charge is 0.179 e. The molecule has 0 spiro atoms. The van der Waals surface area contributed by atoms with Crippen molar-refractivity contribution in [1.82, 2.24) is 4.57 Å². The molecule has 48 heavy (non-hydrogen) atoms. The van der Waals surface area contributed by atoms with Gasteiger partial charge in [-0.3, -0.25) is 0 Å². The summed E-state index contributed by atoms with van der Waals surface area (Å²) in [5.41, 5.74) is 5.86. The zero-order valence-corrected chi connectivity index (χ0v) is 27.1. The molecule has 0 saturated heterocycles. The Balaban J connectivity index is 1.33. The van der Waals surface area contributed by atoms with Crippen LogP contribution in [0.3, 0.4) is 0 Å². The predicted octanol–water partition coefficient (Wildman–Crippen LogP) is 7.57. The minimum Gasteiger partial charge on any atom is -0.308 e. The van der Waals surface area contributed by atoms with Gasteiger partial charge in [-0.2, -0.15) is 10.5 Å². The van der Waals surface area contributed by atoms with Crippen molar-refractivity contribution < 1.29 is 0 Å². The Morgan fingerprint density at radius 3 is 1.56 bits per heavy atom. The van der Waals surface area contributed by atoms with E-state index in [9.17, 15) is 10.5 Å². The molecule has 0 N–H and O–H groups in total. The first-order valence-electron chi connectivity index (χ1n) is 16.0. The van der Waals surface area contributed by atoms with Crippen LogP contribution in [0.1, 0.15) is 11.1 Å². The van der Waals surface area contributed by atoms with Gasteiger partial charge in [0, 0.05) is 16.3 Å². The Hall–Kier alpha value is -6.46. The molecule has 8 aromatic rings. The van der Waals surface area contributed by atoms with Gasteiger partial charge in [-0.15, -0.1) is 0 Å². The van der Waals surface area contributed by atoms with Crippen LogP contribution >= 0.6 is 0 Å². The molecule has 0 aliphatic carbocycles. The quantitative estimate of drug-likeness (QED) is 0.141. The summed E-state index contributed by atoms with van der Waals surface area (Å²) in [6.45, 7) is 0. The lowest BCUT2D eigenvalue weighted by Gasteiger charge is -2.34. The van der Waals surface area contributed by atoms with Crippen molar-refractivity contribution in [2.75, 3.05) is 0 Å². The van der Waals surface area contributed by atoms with E-state index < -0.39 is 8.07 Å². The maximum Gasteiger partial charge on any atom is 0.179 e. The van der Waals surface area contributed by atoms with E-state index in [1.54, 1.807) is 0 Å². The Bertz CT molecular complexity index is 2410. The van der Waals surface area contributed by atoms with Crippen molar-refractivity contribution in [3.8, 4) is 29.0 Å². The highest BCUT2D eigenvalue weighted by molar-refractivity contribution is 7.19. The van der Waals surface area contributed by atoms with Gasteiger partial charge < -0.3 is 4.57 Å². The average molecular weight is 628 g/mol. The number of nitriles is 2. The number of aromatic nitrogens is 1. The van der Waals surface area contributed by atoms with E-state index in [1.807, 2.05) is 48.5 Å². The number of para-hydroxylation sites is 1. The fourth-order valence-corrected chi connectivity index (χ4v) is 12.1. The van der Waals surface area contributed by atoms with Gasteiger partial charge in [-0.25, -0.2) is 0 Å². The average Bonchev–Trinajstić information content (AvgIpc) is 3.50. The SMILES string of the molecule is N#Cc1ccc2c(c1)c1ccccc1n2-c1cccc(-c2ccc([Si](c3ccccc3)(c3ccccc3)c3ccccc3)cc2)c1C#N. The number of rotatable bonds is 6. The molecule has 0 bridgehead atoms. The molecule has 0 aliphatic rings. The minimum absolute atomic E-state index is 0.606. The lowest BCUT2D eigenvalue weighted by molar-refractivity contribution is 1.17. The molecule has 0 unspecified atom stereocenters. The Morgan fingerprint density at radius 1 is 0.438 bits per heavy atom. The highest BCUT2D eigenvalue weighted by Gasteiger charge is 2.41. The normalized spacial score (nSPS) is 11.3. The maximum absolute atomic E-state index is 10.7. The van der Waals surface area contributed by atoms with Crippen LogP contribution in [0, 0.1) is 22.7 Å². The fourth-order valence-electron chi connectivity index (χ4n) is 7.35. The van der Waals surface area contributed by atoms with E-state index in [1.165, 1.54) is 20.7 Å². The third kappa shape index (κ3) is 4.55. The van der Waals surface area contributed by atoms with Crippen molar-refractivity contribution in [3.05, 3.63) is 187 Å². The molecule has 7 aromatic carbocycles. The monoisotopic (exact) mass is 627 g/mol.